The summed E-state index contributed by atoms with van der Waals surface area (Å²) in [6.07, 6.45) is 8.34. The number of carbonyl (C=O) groups excluding carboxylic acids is 1. The summed E-state index contributed by atoms with van der Waals surface area (Å²) in [5, 5.41) is 6.40. The van der Waals surface area contributed by atoms with Crippen LogP contribution >= 0.6 is 0 Å². The summed E-state index contributed by atoms with van der Waals surface area (Å²) < 4.78 is 16.7. The predicted octanol–water partition coefficient (Wildman–Crippen LogP) is 3.02. The van der Waals surface area contributed by atoms with Gasteiger partial charge in [-0.1, -0.05) is 0 Å². The second-order valence-corrected chi connectivity index (χ2v) is 9.19. The first kappa shape index (κ1) is 19.5. The number of nitrogens with zero attached hydrogens (tertiary/aromatic N) is 5. The minimum absolute atomic E-state index is 0.139. The van der Waals surface area contributed by atoms with Crippen LogP contribution in [0.4, 0.5) is 26.4 Å². The maximum atomic E-state index is 15.0. The number of piperazine rings is 1. The zero-order valence-electron chi connectivity index (χ0n) is 18.3. The number of halogens is 1. The molecule has 1 saturated heterocycles. The summed E-state index contributed by atoms with van der Waals surface area (Å²) in [6, 6.07) is 1.68. The Balaban J connectivity index is 1.28. The van der Waals surface area contributed by atoms with E-state index < -0.39 is 5.82 Å². The van der Waals surface area contributed by atoms with Crippen LogP contribution in [0.25, 0.3) is 5.65 Å². The Morgan fingerprint density at radius 2 is 2.09 bits per heavy atom. The molecule has 6 rings (SSSR count). The Morgan fingerprint density at radius 1 is 1.25 bits per heavy atom. The smallest absolute Gasteiger partial charge is 0.327 e. The van der Waals surface area contributed by atoms with E-state index in [-0.39, 0.29) is 17.3 Å². The van der Waals surface area contributed by atoms with Crippen LogP contribution in [0.15, 0.2) is 24.7 Å². The number of fused-ring (bicyclic) bond motifs is 2. The fourth-order valence-corrected chi connectivity index (χ4v) is 5.07. The van der Waals surface area contributed by atoms with Crippen molar-refractivity contribution in [2.45, 2.75) is 38.6 Å². The minimum Gasteiger partial charge on any atom is -0.368 e. The average molecular weight is 436 g/mol. The molecule has 0 atom stereocenters. The summed E-state index contributed by atoms with van der Waals surface area (Å²) in [5.41, 5.74) is 4.42. The number of imidazole rings is 1. The van der Waals surface area contributed by atoms with Crippen LogP contribution in [0.5, 0.6) is 0 Å². The van der Waals surface area contributed by atoms with Crippen molar-refractivity contribution in [3.05, 3.63) is 47.3 Å². The van der Waals surface area contributed by atoms with Gasteiger partial charge >= 0.3 is 6.03 Å². The summed E-state index contributed by atoms with van der Waals surface area (Å²) in [7, 11) is 0. The van der Waals surface area contributed by atoms with Gasteiger partial charge in [0.05, 0.1) is 11.4 Å². The Bertz CT molecular complexity index is 1250. The number of anilines is 3. The molecule has 0 aromatic carbocycles. The van der Waals surface area contributed by atoms with Gasteiger partial charge in [-0.3, -0.25) is 4.90 Å². The normalized spacial score (nSPS) is 19.0. The Kier molecular flexibility index (Phi) is 4.20. The molecule has 2 aliphatic heterocycles. The van der Waals surface area contributed by atoms with Gasteiger partial charge in [0.15, 0.2) is 5.82 Å². The highest BCUT2D eigenvalue weighted by Gasteiger charge is 2.46. The van der Waals surface area contributed by atoms with E-state index in [4.69, 9.17) is 0 Å². The fourth-order valence-electron chi connectivity index (χ4n) is 5.07. The van der Waals surface area contributed by atoms with Crippen LogP contribution in [-0.4, -0.2) is 52.1 Å². The molecule has 1 spiro atoms. The number of rotatable bonds is 2. The minimum atomic E-state index is -0.465. The molecule has 5 heterocycles. The Hall–Kier alpha value is -3.20. The van der Waals surface area contributed by atoms with E-state index in [1.165, 1.54) is 12.8 Å². The summed E-state index contributed by atoms with van der Waals surface area (Å²) in [4.78, 5) is 26.0. The molecule has 166 valence electrons. The lowest BCUT2D eigenvalue weighted by atomic mass is 10.1. The number of pyridine rings is 2. The molecule has 2 amide bonds. The standard InChI is InChI=1S/C23H26FN7O/c1-14-11-30-12-17(19(24)15(2)20(30)27-14)28-22(32)31-9-4-16-18(3-7-25-21(16)31)29-10-8-26-23(13-29)5-6-23/h3,7,11-12,26H,4-6,8-10,13H2,1-2H3,(H,28,32). The van der Waals surface area contributed by atoms with E-state index in [0.717, 1.165) is 43.0 Å². The monoisotopic (exact) mass is 435 g/mol. The zero-order valence-corrected chi connectivity index (χ0v) is 18.3. The van der Waals surface area contributed by atoms with E-state index >= 15 is 0 Å². The highest BCUT2D eigenvalue weighted by Crippen LogP contribution is 2.41. The molecule has 1 aliphatic carbocycles. The third-order valence-corrected chi connectivity index (χ3v) is 6.93. The molecule has 2 fully saturated rings. The molecule has 32 heavy (non-hydrogen) atoms. The predicted molar refractivity (Wildman–Crippen MR) is 121 cm³/mol. The van der Waals surface area contributed by atoms with Gasteiger partial charge in [0.2, 0.25) is 0 Å². The molecule has 0 bridgehead atoms. The first-order valence-electron chi connectivity index (χ1n) is 11.1. The van der Waals surface area contributed by atoms with E-state index in [9.17, 15) is 9.18 Å². The maximum absolute atomic E-state index is 15.0. The average Bonchev–Trinajstić information content (AvgIpc) is 3.20. The number of amides is 2. The molecule has 3 aromatic heterocycles. The van der Waals surface area contributed by atoms with Crippen LogP contribution in [0.3, 0.4) is 0 Å². The van der Waals surface area contributed by atoms with Crippen LogP contribution in [0.1, 0.15) is 29.7 Å². The number of hydrogen-bond donors (Lipinski definition) is 2. The van der Waals surface area contributed by atoms with Crippen molar-refractivity contribution in [1.82, 2.24) is 19.7 Å². The van der Waals surface area contributed by atoms with Gasteiger partial charge < -0.3 is 19.9 Å². The number of nitrogens with one attached hydrogen (secondary N) is 2. The molecule has 1 saturated carbocycles. The Labute approximate surface area is 185 Å². The van der Waals surface area contributed by atoms with Crippen molar-refractivity contribution in [2.75, 3.05) is 41.3 Å². The van der Waals surface area contributed by atoms with E-state index in [0.29, 0.717) is 23.6 Å². The first-order chi connectivity index (χ1) is 15.4. The third-order valence-electron chi connectivity index (χ3n) is 6.93. The zero-order chi connectivity index (χ0) is 22.0. The van der Waals surface area contributed by atoms with Crippen molar-refractivity contribution in [2.24, 2.45) is 0 Å². The van der Waals surface area contributed by atoms with Crippen molar-refractivity contribution >= 4 is 28.9 Å². The number of carbonyl (C=O) groups is 1. The largest absolute Gasteiger partial charge is 0.368 e. The lowest BCUT2D eigenvalue weighted by molar-refractivity contribution is 0.257. The fraction of sp³-hybridized carbons (Fsp3) is 0.435. The van der Waals surface area contributed by atoms with Crippen LogP contribution < -0.4 is 20.4 Å². The van der Waals surface area contributed by atoms with E-state index in [1.807, 2.05) is 13.1 Å². The second-order valence-electron chi connectivity index (χ2n) is 9.19. The molecule has 0 unspecified atom stereocenters. The molecule has 8 nitrogen and oxygen atoms in total. The molecule has 0 radical (unpaired) electrons. The summed E-state index contributed by atoms with van der Waals surface area (Å²) in [6.45, 7) is 6.96. The van der Waals surface area contributed by atoms with Gasteiger partial charge in [-0.05, 0) is 39.2 Å². The van der Waals surface area contributed by atoms with Crippen molar-refractivity contribution in [3.8, 4) is 0 Å². The number of aryl methyl sites for hydroxylation is 2. The molecule has 2 N–H and O–H groups in total. The molecule has 9 heteroatoms. The number of aromatic nitrogens is 3. The van der Waals surface area contributed by atoms with Gasteiger partial charge in [0, 0.05) is 67.1 Å². The lowest BCUT2D eigenvalue weighted by Gasteiger charge is -2.36. The molecule has 3 aromatic rings. The summed E-state index contributed by atoms with van der Waals surface area (Å²) >= 11 is 0. The van der Waals surface area contributed by atoms with Gasteiger partial charge in [-0.2, -0.15) is 0 Å². The first-order valence-corrected chi connectivity index (χ1v) is 11.1. The van der Waals surface area contributed by atoms with Gasteiger partial charge in [0.25, 0.3) is 0 Å². The van der Waals surface area contributed by atoms with Crippen LogP contribution in [0, 0.1) is 19.7 Å². The van der Waals surface area contributed by atoms with Crippen molar-refractivity contribution in [1.29, 1.82) is 0 Å². The topological polar surface area (TPSA) is 77.8 Å². The number of urea groups is 1. The van der Waals surface area contributed by atoms with E-state index in [2.05, 4.69) is 31.6 Å². The number of hydrogen-bond acceptors (Lipinski definition) is 5. The second kappa shape index (κ2) is 6.90. The van der Waals surface area contributed by atoms with Crippen molar-refractivity contribution in [3.63, 3.8) is 0 Å². The van der Waals surface area contributed by atoms with Gasteiger partial charge in [-0.15, -0.1) is 0 Å². The SMILES string of the molecule is Cc1cn2cc(NC(=O)N3CCc4c(N5CCNC6(CC6)C5)ccnc43)c(F)c(C)c2n1. The van der Waals surface area contributed by atoms with Crippen LogP contribution in [-0.2, 0) is 6.42 Å². The highest BCUT2D eigenvalue weighted by molar-refractivity contribution is 6.03. The van der Waals surface area contributed by atoms with Crippen molar-refractivity contribution < 1.29 is 9.18 Å². The molecule has 3 aliphatic rings. The Morgan fingerprint density at radius 3 is 2.91 bits per heavy atom. The maximum Gasteiger partial charge on any atom is 0.327 e. The molecular weight excluding hydrogens is 409 g/mol. The van der Waals surface area contributed by atoms with Crippen LogP contribution in [0.2, 0.25) is 0 Å². The lowest BCUT2D eigenvalue weighted by Crippen LogP contribution is -2.52. The highest BCUT2D eigenvalue weighted by atomic mass is 19.1. The molecular formula is C23H26FN7O. The van der Waals surface area contributed by atoms with E-state index in [1.54, 1.807) is 28.6 Å². The summed E-state index contributed by atoms with van der Waals surface area (Å²) in [5.74, 6) is 0.202. The van der Waals surface area contributed by atoms with Gasteiger partial charge in [-0.25, -0.2) is 19.2 Å². The van der Waals surface area contributed by atoms with Gasteiger partial charge in [0.1, 0.15) is 11.5 Å². The quantitative estimate of drug-likeness (QED) is 0.647. The third kappa shape index (κ3) is 3.02.